The second-order valence-electron chi connectivity index (χ2n) is 8.07. The average Bonchev–Trinajstić information content (AvgIpc) is 3.12. The van der Waals surface area contributed by atoms with Crippen molar-refractivity contribution in [2.24, 2.45) is 5.10 Å². The van der Waals surface area contributed by atoms with Crippen molar-refractivity contribution in [2.75, 3.05) is 12.3 Å². The topological polar surface area (TPSA) is 111 Å². The van der Waals surface area contributed by atoms with E-state index < -0.39 is 0 Å². The molecule has 0 atom stereocenters. The molecule has 0 aliphatic heterocycles. The van der Waals surface area contributed by atoms with E-state index in [-0.39, 0.29) is 11.7 Å². The quantitative estimate of drug-likeness (QED) is 0.348. The van der Waals surface area contributed by atoms with Crippen molar-refractivity contribution in [1.82, 2.24) is 24.9 Å². The van der Waals surface area contributed by atoms with E-state index >= 15 is 0 Å². The maximum Gasteiger partial charge on any atom is 0.257 e. The highest BCUT2D eigenvalue weighted by Crippen LogP contribution is 2.28. The number of aromatic nitrogens is 4. The van der Waals surface area contributed by atoms with Crippen LogP contribution in [0.2, 0.25) is 0 Å². The lowest BCUT2D eigenvalue weighted by Crippen LogP contribution is -2.25. The number of hydrogen-bond donors (Lipinski definition) is 2. The van der Waals surface area contributed by atoms with Crippen molar-refractivity contribution in [3.63, 3.8) is 0 Å². The van der Waals surface area contributed by atoms with Crippen LogP contribution in [0.1, 0.15) is 48.2 Å². The molecule has 0 saturated heterocycles. The molecular weight excluding hydrogens is 414 g/mol. The third-order valence-electron chi connectivity index (χ3n) is 5.81. The normalized spacial score (nSPS) is 14.1. The first-order chi connectivity index (χ1) is 16.2. The number of anilines is 1. The lowest BCUT2D eigenvalue weighted by atomic mass is 9.97. The van der Waals surface area contributed by atoms with Crippen molar-refractivity contribution in [2.45, 2.75) is 32.1 Å². The second kappa shape index (κ2) is 9.20. The highest BCUT2D eigenvalue weighted by Gasteiger charge is 2.24. The Morgan fingerprint density at radius 1 is 1.12 bits per heavy atom. The summed E-state index contributed by atoms with van der Waals surface area (Å²) in [5.41, 5.74) is 11.0. The Morgan fingerprint density at radius 3 is 2.70 bits per heavy atom. The van der Waals surface area contributed by atoms with E-state index in [1.165, 1.54) is 23.1 Å². The number of carbonyl (C=O) groups is 1. The van der Waals surface area contributed by atoms with Gasteiger partial charge in [-0.05, 0) is 56.4 Å². The van der Waals surface area contributed by atoms with Gasteiger partial charge in [0.15, 0.2) is 5.65 Å². The monoisotopic (exact) mass is 439 g/mol. The van der Waals surface area contributed by atoms with E-state index in [0.717, 1.165) is 19.3 Å². The number of nitrogens with zero attached hydrogens (tertiary/aromatic N) is 5. The fourth-order valence-corrected chi connectivity index (χ4v) is 4.11. The summed E-state index contributed by atoms with van der Waals surface area (Å²) in [6, 6.07) is 13.1. The summed E-state index contributed by atoms with van der Waals surface area (Å²) in [5, 5.41) is 7.49. The minimum absolute atomic E-state index is 0.196. The lowest BCUT2D eigenvalue weighted by Gasteiger charge is -2.12. The van der Waals surface area contributed by atoms with Gasteiger partial charge in [0.2, 0.25) is 0 Å². The van der Waals surface area contributed by atoms with Crippen molar-refractivity contribution in [3.8, 4) is 0 Å². The van der Waals surface area contributed by atoms with Crippen molar-refractivity contribution >= 4 is 40.1 Å². The van der Waals surface area contributed by atoms with E-state index in [1.807, 2.05) is 42.5 Å². The van der Waals surface area contributed by atoms with E-state index in [4.69, 9.17) is 15.7 Å². The molecule has 3 heterocycles. The molecule has 166 valence electrons. The molecule has 5 rings (SSSR count). The summed E-state index contributed by atoms with van der Waals surface area (Å²) < 4.78 is 1.46. The number of fused-ring (bicyclic) bond motifs is 2. The van der Waals surface area contributed by atoms with Crippen LogP contribution < -0.4 is 11.1 Å². The summed E-state index contributed by atoms with van der Waals surface area (Å²) in [5.74, 6) is -0.0767. The third kappa shape index (κ3) is 4.32. The molecule has 0 spiro atoms. The number of rotatable bonds is 6. The van der Waals surface area contributed by atoms with Gasteiger partial charge in [-0.15, -0.1) is 0 Å². The molecule has 1 amide bonds. The maximum atomic E-state index is 13.2. The average molecular weight is 440 g/mol. The highest BCUT2D eigenvalue weighted by molar-refractivity contribution is 6.10. The Hall–Kier alpha value is -4.07. The smallest absolute Gasteiger partial charge is 0.257 e. The molecular formula is C25H25N7O. The van der Waals surface area contributed by atoms with E-state index in [0.29, 0.717) is 40.0 Å². The number of amides is 1. The Morgan fingerprint density at radius 2 is 1.94 bits per heavy atom. The number of pyridine rings is 1. The molecule has 1 aromatic carbocycles. The van der Waals surface area contributed by atoms with Gasteiger partial charge in [0.25, 0.3) is 5.91 Å². The van der Waals surface area contributed by atoms with Crippen LogP contribution >= 0.6 is 0 Å². The Balaban J connectivity index is 1.52. The van der Waals surface area contributed by atoms with Crippen molar-refractivity contribution < 1.29 is 4.79 Å². The summed E-state index contributed by atoms with van der Waals surface area (Å²) in [6.45, 7) is 0.551. The Kier molecular flexibility index (Phi) is 5.80. The molecule has 4 aromatic rings. The van der Waals surface area contributed by atoms with E-state index in [2.05, 4.69) is 21.5 Å². The first-order valence-corrected chi connectivity index (χ1v) is 11.2. The van der Waals surface area contributed by atoms with Crippen molar-refractivity contribution in [1.29, 1.82) is 0 Å². The number of benzene rings is 1. The molecule has 1 aliphatic carbocycles. The van der Waals surface area contributed by atoms with Crippen LogP contribution in [0.3, 0.4) is 0 Å². The molecule has 0 radical (unpaired) electrons. The molecule has 0 fully saturated rings. The molecule has 0 saturated carbocycles. The molecule has 8 nitrogen and oxygen atoms in total. The van der Waals surface area contributed by atoms with Gasteiger partial charge < -0.3 is 11.1 Å². The minimum Gasteiger partial charge on any atom is -0.383 e. The maximum absolute atomic E-state index is 13.2. The van der Waals surface area contributed by atoms with Crippen LogP contribution in [-0.2, 0) is 0 Å². The molecule has 3 aromatic heterocycles. The van der Waals surface area contributed by atoms with Gasteiger partial charge in [-0.2, -0.15) is 9.78 Å². The van der Waals surface area contributed by atoms with Crippen LogP contribution in [-0.4, -0.2) is 38.3 Å². The van der Waals surface area contributed by atoms with Gasteiger partial charge in [-0.1, -0.05) is 29.8 Å². The number of para-hydroxylation sites is 2. The van der Waals surface area contributed by atoms with Gasteiger partial charge in [0, 0.05) is 12.7 Å². The molecule has 0 bridgehead atoms. The van der Waals surface area contributed by atoms with Crippen molar-refractivity contribution in [3.05, 3.63) is 71.6 Å². The zero-order chi connectivity index (χ0) is 22.6. The van der Waals surface area contributed by atoms with Gasteiger partial charge in [-0.25, -0.2) is 9.97 Å². The number of hydrogen-bond acceptors (Lipinski definition) is 6. The zero-order valence-corrected chi connectivity index (χ0v) is 18.2. The lowest BCUT2D eigenvalue weighted by molar-refractivity contribution is 0.0956. The summed E-state index contributed by atoms with van der Waals surface area (Å²) in [6.07, 6.45) is 11.1. The minimum atomic E-state index is -0.273. The predicted molar refractivity (Wildman–Crippen MR) is 130 cm³/mol. The second-order valence-corrected chi connectivity index (χ2v) is 8.07. The summed E-state index contributed by atoms with van der Waals surface area (Å²) in [4.78, 5) is 26.9. The van der Waals surface area contributed by atoms with Gasteiger partial charge in [0.05, 0.1) is 22.9 Å². The summed E-state index contributed by atoms with van der Waals surface area (Å²) in [7, 11) is 0. The Labute approximate surface area is 191 Å². The summed E-state index contributed by atoms with van der Waals surface area (Å²) >= 11 is 0. The van der Waals surface area contributed by atoms with Crippen LogP contribution in [0.25, 0.3) is 22.2 Å². The van der Waals surface area contributed by atoms with Gasteiger partial charge in [0.1, 0.15) is 16.9 Å². The standard InChI is InChI=1S/C25H25N7O/c26-23-21(25(33)28-15-13-17-8-2-1-3-9-17)22-24(31-20-12-5-4-11-19(20)30-22)32(23)29-16-18-10-6-7-14-27-18/h4-8,10-12,14,16H,1-3,9,13,15,26H2,(H,28,33). The van der Waals surface area contributed by atoms with Gasteiger partial charge in [-0.3, -0.25) is 9.78 Å². The number of nitrogen functional groups attached to an aromatic ring is 1. The number of nitrogens with two attached hydrogens (primary N) is 1. The van der Waals surface area contributed by atoms with Gasteiger partial charge >= 0.3 is 0 Å². The molecule has 3 N–H and O–H groups in total. The van der Waals surface area contributed by atoms with E-state index in [1.54, 1.807) is 12.4 Å². The van der Waals surface area contributed by atoms with Crippen LogP contribution in [0.15, 0.2) is 65.4 Å². The number of nitrogens with one attached hydrogen (secondary N) is 1. The molecule has 33 heavy (non-hydrogen) atoms. The Bertz CT molecular complexity index is 1370. The largest absolute Gasteiger partial charge is 0.383 e. The first-order valence-electron chi connectivity index (χ1n) is 11.2. The first kappa shape index (κ1) is 20.8. The zero-order valence-electron chi connectivity index (χ0n) is 18.2. The van der Waals surface area contributed by atoms with Crippen LogP contribution in [0.4, 0.5) is 5.82 Å². The molecule has 8 heteroatoms. The van der Waals surface area contributed by atoms with Crippen LogP contribution in [0, 0.1) is 0 Å². The SMILES string of the molecule is Nc1c(C(=O)NCCC2=CCCCC2)c2nc3ccccc3nc2n1N=Cc1ccccn1. The van der Waals surface area contributed by atoms with E-state index in [9.17, 15) is 4.79 Å². The third-order valence-corrected chi connectivity index (χ3v) is 5.81. The number of carbonyl (C=O) groups excluding carboxylic acids is 1. The van der Waals surface area contributed by atoms with Crippen LogP contribution in [0.5, 0.6) is 0 Å². The highest BCUT2D eigenvalue weighted by atomic mass is 16.1. The molecule has 0 unspecified atom stereocenters. The number of allylic oxidation sites excluding steroid dienone is 1. The molecule has 1 aliphatic rings. The fraction of sp³-hybridized carbons (Fsp3) is 0.240. The predicted octanol–water partition coefficient (Wildman–Crippen LogP) is 4.06. The fourth-order valence-electron chi connectivity index (χ4n) is 4.11.